The molecule has 1 unspecified atom stereocenters. The van der Waals surface area contributed by atoms with E-state index in [2.05, 4.69) is 13.8 Å². The van der Waals surface area contributed by atoms with Crippen molar-refractivity contribution in [3.63, 3.8) is 0 Å². The minimum atomic E-state index is -0.434. The van der Waals surface area contributed by atoms with Gasteiger partial charge in [0.25, 0.3) is 0 Å². The predicted molar refractivity (Wildman–Crippen MR) is 64.2 cm³/mol. The van der Waals surface area contributed by atoms with Crippen molar-refractivity contribution in [1.82, 2.24) is 5.43 Å². The molecule has 0 aliphatic heterocycles. The molecule has 1 amide bonds. The van der Waals surface area contributed by atoms with Crippen molar-refractivity contribution in [3.8, 4) is 0 Å². The van der Waals surface area contributed by atoms with Crippen LogP contribution in [-0.4, -0.2) is 12.0 Å². The Morgan fingerprint density at radius 3 is 2.71 bits per heavy atom. The first-order valence-corrected chi connectivity index (χ1v) is 5.67. The van der Waals surface area contributed by atoms with E-state index in [0.29, 0.717) is 18.3 Å². The van der Waals surface area contributed by atoms with Crippen molar-refractivity contribution in [2.75, 3.05) is 0 Å². The number of nitrogens with two attached hydrogens (primary N) is 1. The zero-order chi connectivity index (χ0) is 13.0. The fourth-order valence-electron chi connectivity index (χ4n) is 1.26. The summed E-state index contributed by atoms with van der Waals surface area (Å²) in [6, 6.07) is 1.66. The van der Waals surface area contributed by atoms with Gasteiger partial charge in [-0.25, -0.2) is 5.84 Å². The molecule has 5 heteroatoms. The maximum atomic E-state index is 11.3. The molecule has 1 aromatic rings. The van der Waals surface area contributed by atoms with E-state index in [-0.39, 0.29) is 11.9 Å². The van der Waals surface area contributed by atoms with Crippen LogP contribution in [0.15, 0.2) is 10.5 Å². The van der Waals surface area contributed by atoms with Crippen molar-refractivity contribution in [1.29, 1.82) is 0 Å². The first kappa shape index (κ1) is 13.7. The summed E-state index contributed by atoms with van der Waals surface area (Å²) in [5.74, 6) is 5.94. The van der Waals surface area contributed by atoms with E-state index in [1.54, 1.807) is 13.0 Å². The highest BCUT2D eigenvalue weighted by molar-refractivity contribution is 5.91. The lowest BCUT2D eigenvalue weighted by Gasteiger charge is -2.15. The monoisotopic (exact) mass is 240 g/mol. The Bertz CT molecular complexity index is 385. The lowest BCUT2D eigenvalue weighted by molar-refractivity contribution is 0.0230. The molecule has 1 heterocycles. The van der Waals surface area contributed by atoms with Crippen molar-refractivity contribution >= 4 is 5.91 Å². The molecule has 1 aromatic heterocycles. The number of aryl methyl sites for hydroxylation is 1. The third-order valence-corrected chi connectivity index (χ3v) is 2.82. The average Bonchev–Trinajstić information content (AvgIpc) is 2.66. The highest BCUT2D eigenvalue weighted by Crippen LogP contribution is 2.17. The lowest BCUT2D eigenvalue weighted by Crippen LogP contribution is -2.29. The smallest absolute Gasteiger partial charge is 0.300 e. The highest BCUT2D eigenvalue weighted by atomic mass is 16.5. The van der Waals surface area contributed by atoms with Gasteiger partial charge in [-0.15, -0.1) is 0 Å². The van der Waals surface area contributed by atoms with Gasteiger partial charge in [-0.2, -0.15) is 0 Å². The Hall–Kier alpha value is -1.33. The van der Waals surface area contributed by atoms with Crippen LogP contribution in [0.1, 0.15) is 42.6 Å². The van der Waals surface area contributed by atoms with E-state index in [1.807, 2.05) is 12.3 Å². The first-order valence-electron chi connectivity index (χ1n) is 5.67. The molecule has 0 spiro atoms. The molecular weight excluding hydrogens is 220 g/mol. The fraction of sp³-hybridized carbons (Fsp3) is 0.583. The summed E-state index contributed by atoms with van der Waals surface area (Å²) in [5, 5.41) is 0. The van der Waals surface area contributed by atoms with Gasteiger partial charge in [0.1, 0.15) is 5.76 Å². The molecule has 17 heavy (non-hydrogen) atoms. The third kappa shape index (κ3) is 3.57. The van der Waals surface area contributed by atoms with Crippen LogP contribution >= 0.6 is 0 Å². The molecule has 0 fully saturated rings. The minimum Gasteiger partial charge on any atom is -0.456 e. The van der Waals surface area contributed by atoms with Crippen molar-refractivity contribution in [2.24, 2.45) is 11.8 Å². The molecule has 0 radical (unpaired) electrons. The molecule has 0 aromatic carbocycles. The van der Waals surface area contributed by atoms with E-state index >= 15 is 0 Å². The Labute approximate surface area is 101 Å². The molecule has 1 atom stereocenters. The maximum Gasteiger partial charge on any atom is 0.300 e. The summed E-state index contributed by atoms with van der Waals surface area (Å²) < 4.78 is 11.0. The molecule has 96 valence electrons. The Balaban J connectivity index is 2.66. The van der Waals surface area contributed by atoms with Crippen molar-refractivity contribution in [3.05, 3.63) is 23.2 Å². The van der Waals surface area contributed by atoms with Crippen LogP contribution in [0.5, 0.6) is 0 Å². The molecule has 0 aliphatic carbocycles. The summed E-state index contributed by atoms with van der Waals surface area (Å²) in [6.07, 6.45) is 0.163. The summed E-state index contributed by atoms with van der Waals surface area (Å²) in [7, 11) is 0. The van der Waals surface area contributed by atoms with Gasteiger partial charge in [-0.3, -0.25) is 10.2 Å². The number of hydrogen-bond donors (Lipinski definition) is 2. The maximum absolute atomic E-state index is 11.3. The predicted octanol–water partition coefficient (Wildman–Crippen LogP) is 1.75. The Morgan fingerprint density at radius 1 is 1.53 bits per heavy atom. The zero-order valence-electron chi connectivity index (χ0n) is 10.7. The second kappa shape index (κ2) is 5.84. The van der Waals surface area contributed by atoms with Gasteiger partial charge in [0.05, 0.1) is 12.7 Å². The third-order valence-electron chi connectivity index (χ3n) is 2.82. The van der Waals surface area contributed by atoms with E-state index in [4.69, 9.17) is 15.0 Å². The van der Waals surface area contributed by atoms with Crippen molar-refractivity contribution in [2.45, 2.75) is 40.4 Å². The van der Waals surface area contributed by atoms with Gasteiger partial charge in [-0.1, -0.05) is 13.8 Å². The Morgan fingerprint density at radius 2 is 2.18 bits per heavy atom. The molecule has 3 N–H and O–H groups in total. The first-order chi connectivity index (χ1) is 7.95. The number of rotatable bonds is 5. The number of hydrogen-bond acceptors (Lipinski definition) is 4. The van der Waals surface area contributed by atoms with Crippen LogP contribution < -0.4 is 11.3 Å². The molecule has 5 nitrogen and oxygen atoms in total. The molecule has 0 bridgehead atoms. The summed E-state index contributed by atoms with van der Waals surface area (Å²) in [4.78, 5) is 11.3. The van der Waals surface area contributed by atoms with Crippen LogP contribution in [0.4, 0.5) is 0 Å². The van der Waals surface area contributed by atoms with E-state index < -0.39 is 5.91 Å². The van der Waals surface area contributed by atoms with Crippen LogP contribution in [0.25, 0.3) is 0 Å². The van der Waals surface area contributed by atoms with Gasteiger partial charge < -0.3 is 9.15 Å². The quantitative estimate of drug-likeness (QED) is 0.467. The summed E-state index contributed by atoms with van der Waals surface area (Å²) in [6.45, 7) is 8.45. The van der Waals surface area contributed by atoms with E-state index in [0.717, 1.165) is 5.56 Å². The van der Waals surface area contributed by atoms with Gasteiger partial charge in [-0.05, 0) is 25.8 Å². The average molecular weight is 240 g/mol. The minimum absolute atomic E-state index is 0.163. The van der Waals surface area contributed by atoms with Crippen LogP contribution in [0, 0.1) is 12.8 Å². The fourth-order valence-corrected chi connectivity index (χ4v) is 1.26. The van der Waals surface area contributed by atoms with Crippen LogP contribution in [-0.2, 0) is 11.3 Å². The number of nitrogen functional groups attached to an aromatic ring is 1. The van der Waals surface area contributed by atoms with E-state index in [9.17, 15) is 4.79 Å². The van der Waals surface area contributed by atoms with Crippen molar-refractivity contribution < 1.29 is 13.9 Å². The highest BCUT2D eigenvalue weighted by Gasteiger charge is 2.15. The zero-order valence-corrected chi connectivity index (χ0v) is 10.7. The second-order valence-corrected chi connectivity index (χ2v) is 4.43. The number of furan rings is 1. The second-order valence-electron chi connectivity index (χ2n) is 4.43. The summed E-state index contributed by atoms with van der Waals surface area (Å²) in [5.41, 5.74) is 2.90. The van der Waals surface area contributed by atoms with Crippen LogP contribution in [0.3, 0.4) is 0 Å². The largest absolute Gasteiger partial charge is 0.456 e. The lowest BCUT2D eigenvalue weighted by atomic mass is 10.1. The molecule has 0 saturated carbocycles. The topological polar surface area (TPSA) is 77.5 Å². The number of ether oxygens (including phenoxy) is 1. The van der Waals surface area contributed by atoms with Gasteiger partial charge in [0, 0.05) is 5.56 Å². The summed E-state index contributed by atoms with van der Waals surface area (Å²) >= 11 is 0. The van der Waals surface area contributed by atoms with Gasteiger partial charge in [0.15, 0.2) is 5.76 Å². The SMILES string of the molecule is Cc1oc(C(=O)NN)cc1COC(C)C(C)C. The normalized spacial score (nSPS) is 12.8. The van der Waals surface area contributed by atoms with E-state index in [1.165, 1.54) is 0 Å². The standard InChI is InChI=1S/C12H20N2O3/c1-7(2)8(3)16-6-10-5-11(12(15)14-13)17-9(10)4/h5,7-8H,6,13H2,1-4H3,(H,14,15). The van der Waals surface area contributed by atoms with Gasteiger partial charge >= 0.3 is 5.91 Å². The molecular formula is C12H20N2O3. The number of carbonyl (C=O) groups excluding carboxylic acids is 1. The molecule has 0 aliphatic rings. The number of carbonyl (C=O) groups is 1. The molecule has 0 saturated heterocycles. The molecule has 1 rings (SSSR count). The Kier molecular flexibility index (Phi) is 4.72. The number of nitrogens with one attached hydrogen (secondary N) is 1. The number of amides is 1. The van der Waals surface area contributed by atoms with Crippen LogP contribution in [0.2, 0.25) is 0 Å². The number of hydrazine groups is 1. The van der Waals surface area contributed by atoms with Gasteiger partial charge in [0.2, 0.25) is 0 Å².